The second-order valence-electron chi connectivity index (χ2n) is 11.5. The van der Waals surface area contributed by atoms with Gasteiger partial charge in [0.15, 0.2) is 0 Å². The van der Waals surface area contributed by atoms with Crippen LogP contribution in [0.2, 0.25) is 5.02 Å². The van der Waals surface area contributed by atoms with Crippen LogP contribution in [-0.2, 0) is 32.6 Å². The Bertz CT molecular complexity index is 1770. The second-order valence-corrected chi connectivity index (χ2v) is 14.7. The minimum absolute atomic E-state index is 0.0228. The zero-order valence-electron chi connectivity index (χ0n) is 26.0. The van der Waals surface area contributed by atoms with Crippen molar-refractivity contribution >= 4 is 55.1 Å². The van der Waals surface area contributed by atoms with Crippen molar-refractivity contribution in [1.29, 1.82) is 0 Å². The summed E-state index contributed by atoms with van der Waals surface area (Å²) in [6.07, 6.45) is 4.09. The Labute approximate surface area is 289 Å². The van der Waals surface area contributed by atoms with Gasteiger partial charge in [-0.05, 0) is 78.6 Å². The second kappa shape index (κ2) is 15.8. The Balaban J connectivity index is 1.56. The lowest BCUT2D eigenvalue weighted by Crippen LogP contribution is -2.54. The molecular weight excluding hydrogens is 702 g/mol. The van der Waals surface area contributed by atoms with Gasteiger partial charge in [-0.3, -0.25) is 13.9 Å². The van der Waals surface area contributed by atoms with Gasteiger partial charge in [0, 0.05) is 28.5 Å². The third-order valence-electron chi connectivity index (χ3n) is 8.26. The van der Waals surface area contributed by atoms with Crippen molar-refractivity contribution in [3.05, 3.63) is 124 Å². The Kier molecular flexibility index (Phi) is 11.6. The molecule has 11 heteroatoms. The van der Waals surface area contributed by atoms with Gasteiger partial charge in [0.25, 0.3) is 10.0 Å². The van der Waals surface area contributed by atoms with Crippen LogP contribution in [0.15, 0.2) is 112 Å². The standard InChI is InChI=1S/C36H37BrClN3O5S/c1-46-32-18-20-33(21-19-32)47(44,45)41(31-13-7-10-29(38)23-31)25-35(42)40(24-27-14-16-28(37)17-15-27)34(22-26-8-3-2-4-9-26)36(43)39-30-11-5-6-12-30/h2-4,7-10,13-21,23,30,34H,5-6,11-12,22,24-25H2,1H3,(H,39,43)/t34-/m1/s1. The van der Waals surface area contributed by atoms with E-state index >= 15 is 0 Å². The summed E-state index contributed by atoms with van der Waals surface area (Å²) in [5.74, 6) is -0.307. The minimum Gasteiger partial charge on any atom is -0.497 e. The number of hydrogen-bond donors (Lipinski definition) is 1. The first-order valence-electron chi connectivity index (χ1n) is 15.4. The van der Waals surface area contributed by atoms with Crippen LogP contribution in [0, 0.1) is 0 Å². The molecule has 246 valence electrons. The SMILES string of the molecule is COc1ccc(S(=O)(=O)N(CC(=O)N(Cc2ccc(Br)cc2)[C@H](Cc2ccccc2)C(=O)NC2CCCC2)c2cccc(Cl)c2)cc1. The van der Waals surface area contributed by atoms with Crippen LogP contribution in [0.4, 0.5) is 5.69 Å². The summed E-state index contributed by atoms with van der Waals surface area (Å²) in [5, 5.41) is 3.50. The maximum Gasteiger partial charge on any atom is 0.264 e. The third-order valence-corrected chi connectivity index (χ3v) is 10.8. The van der Waals surface area contributed by atoms with Gasteiger partial charge in [0.1, 0.15) is 18.3 Å². The van der Waals surface area contributed by atoms with E-state index in [0.29, 0.717) is 10.8 Å². The minimum atomic E-state index is -4.26. The Hall–Kier alpha value is -3.86. The number of amides is 2. The molecular formula is C36H37BrClN3O5S. The molecule has 1 aliphatic rings. The monoisotopic (exact) mass is 737 g/mol. The van der Waals surface area contributed by atoms with Crippen LogP contribution in [-0.4, -0.2) is 50.9 Å². The Morgan fingerprint density at radius 1 is 0.915 bits per heavy atom. The topological polar surface area (TPSA) is 96.0 Å². The number of benzene rings is 4. The Morgan fingerprint density at radius 2 is 1.60 bits per heavy atom. The average molecular weight is 739 g/mol. The van der Waals surface area contributed by atoms with Gasteiger partial charge in [-0.1, -0.05) is 88.9 Å². The Morgan fingerprint density at radius 3 is 2.23 bits per heavy atom. The maximum atomic E-state index is 14.6. The van der Waals surface area contributed by atoms with Crippen LogP contribution in [0.3, 0.4) is 0 Å². The molecule has 2 amide bonds. The highest BCUT2D eigenvalue weighted by Gasteiger charge is 2.35. The van der Waals surface area contributed by atoms with Crippen LogP contribution in [0.25, 0.3) is 0 Å². The fourth-order valence-corrected chi connectivity index (χ4v) is 7.60. The van der Waals surface area contributed by atoms with Gasteiger partial charge in [0.05, 0.1) is 17.7 Å². The molecule has 1 fully saturated rings. The number of ether oxygens (including phenoxy) is 1. The van der Waals surface area contributed by atoms with Crippen molar-refractivity contribution in [2.75, 3.05) is 18.0 Å². The molecule has 8 nitrogen and oxygen atoms in total. The average Bonchev–Trinajstić information content (AvgIpc) is 3.59. The van der Waals surface area contributed by atoms with Gasteiger partial charge in [-0.15, -0.1) is 0 Å². The first-order chi connectivity index (χ1) is 22.6. The van der Waals surface area contributed by atoms with Gasteiger partial charge >= 0.3 is 0 Å². The molecule has 1 saturated carbocycles. The fraction of sp³-hybridized carbons (Fsp3) is 0.278. The van der Waals surface area contributed by atoms with E-state index in [4.69, 9.17) is 16.3 Å². The zero-order valence-corrected chi connectivity index (χ0v) is 29.2. The molecule has 0 radical (unpaired) electrons. The van der Waals surface area contributed by atoms with Crippen LogP contribution >= 0.6 is 27.5 Å². The number of carbonyl (C=O) groups is 2. The highest BCUT2D eigenvalue weighted by molar-refractivity contribution is 9.10. The first-order valence-corrected chi connectivity index (χ1v) is 18.1. The van der Waals surface area contributed by atoms with Crippen LogP contribution in [0.5, 0.6) is 5.75 Å². The molecule has 0 bridgehead atoms. The molecule has 0 saturated heterocycles. The number of anilines is 1. The van der Waals surface area contributed by atoms with E-state index in [-0.39, 0.29) is 35.5 Å². The summed E-state index contributed by atoms with van der Waals surface area (Å²) in [6.45, 7) is -0.471. The molecule has 1 aliphatic carbocycles. The van der Waals surface area contributed by atoms with Crippen molar-refractivity contribution in [1.82, 2.24) is 10.2 Å². The summed E-state index contributed by atoms with van der Waals surface area (Å²) in [6, 6.07) is 28.5. The van der Waals surface area contributed by atoms with E-state index in [2.05, 4.69) is 21.2 Å². The summed E-state index contributed by atoms with van der Waals surface area (Å²) in [7, 11) is -2.77. The smallest absolute Gasteiger partial charge is 0.264 e. The maximum absolute atomic E-state index is 14.6. The number of nitrogens with one attached hydrogen (secondary N) is 1. The van der Waals surface area contributed by atoms with Gasteiger partial charge in [-0.2, -0.15) is 0 Å². The number of rotatable bonds is 13. The number of halogens is 2. The predicted octanol–water partition coefficient (Wildman–Crippen LogP) is 7.01. The van der Waals surface area contributed by atoms with E-state index in [1.165, 1.54) is 30.2 Å². The molecule has 4 aromatic rings. The molecule has 47 heavy (non-hydrogen) atoms. The van der Waals surface area contributed by atoms with Crippen molar-refractivity contribution in [3.63, 3.8) is 0 Å². The van der Waals surface area contributed by atoms with E-state index in [9.17, 15) is 18.0 Å². The molecule has 4 aromatic carbocycles. The van der Waals surface area contributed by atoms with Crippen molar-refractivity contribution in [3.8, 4) is 5.75 Å². The van der Waals surface area contributed by atoms with E-state index < -0.39 is 28.5 Å². The zero-order chi connectivity index (χ0) is 33.4. The molecule has 0 unspecified atom stereocenters. The molecule has 0 spiro atoms. The molecule has 1 N–H and O–H groups in total. The van der Waals surface area contributed by atoms with E-state index in [1.54, 1.807) is 30.3 Å². The number of hydrogen-bond acceptors (Lipinski definition) is 5. The molecule has 0 heterocycles. The third kappa shape index (κ3) is 8.94. The predicted molar refractivity (Wildman–Crippen MR) is 188 cm³/mol. The van der Waals surface area contributed by atoms with Crippen LogP contribution < -0.4 is 14.4 Å². The molecule has 0 aromatic heterocycles. The lowest BCUT2D eigenvalue weighted by molar-refractivity contribution is -0.140. The quantitative estimate of drug-likeness (QED) is 0.159. The number of carbonyl (C=O) groups excluding carboxylic acids is 2. The van der Waals surface area contributed by atoms with Crippen LogP contribution in [0.1, 0.15) is 36.8 Å². The van der Waals surface area contributed by atoms with E-state index in [1.807, 2.05) is 54.6 Å². The summed E-state index contributed by atoms with van der Waals surface area (Å²) in [5.41, 5.74) is 1.89. The highest BCUT2D eigenvalue weighted by atomic mass is 79.9. The number of nitrogens with zero attached hydrogens (tertiary/aromatic N) is 2. The van der Waals surface area contributed by atoms with Crippen molar-refractivity contribution in [2.45, 2.75) is 55.6 Å². The van der Waals surface area contributed by atoms with Crippen molar-refractivity contribution < 1.29 is 22.7 Å². The number of sulfonamides is 1. The summed E-state index contributed by atoms with van der Waals surface area (Å²) in [4.78, 5) is 30.2. The highest BCUT2D eigenvalue weighted by Crippen LogP contribution is 2.28. The van der Waals surface area contributed by atoms with Gasteiger partial charge in [-0.25, -0.2) is 8.42 Å². The summed E-state index contributed by atoms with van der Waals surface area (Å²) < 4.78 is 35.6. The summed E-state index contributed by atoms with van der Waals surface area (Å²) >= 11 is 9.78. The normalized spacial score (nSPS) is 13.9. The van der Waals surface area contributed by atoms with E-state index in [0.717, 1.165) is 45.6 Å². The van der Waals surface area contributed by atoms with Gasteiger partial charge in [0.2, 0.25) is 11.8 Å². The molecule has 5 rings (SSSR count). The fourth-order valence-electron chi connectivity index (χ4n) is 5.74. The molecule has 0 aliphatic heterocycles. The largest absolute Gasteiger partial charge is 0.497 e. The lowest BCUT2D eigenvalue weighted by atomic mass is 10.0. The first kappa shape index (κ1) is 34.5. The van der Waals surface area contributed by atoms with Gasteiger partial charge < -0.3 is 15.0 Å². The lowest BCUT2D eigenvalue weighted by Gasteiger charge is -2.34. The molecule has 1 atom stereocenters. The number of methoxy groups -OCH3 is 1. The van der Waals surface area contributed by atoms with Crippen molar-refractivity contribution in [2.24, 2.45) is 0 Å².